The first-order chi connectivity index (χ1) is 23.3. The lowest BCUT2D eigenvalue weighted by atomic mass is 10.1. The smallest absolute Gasteiger partial charge is 0.238 e. The van der Waals surface area contributed by atoms with Gasteiger partial charge < -0.3 is 24.3 Å². The Balaban J connectivity index is 1.28. The fraction of sp³-hybridized carbons (Fsp3) is 0.333. The van der Waals surface area contributed by atoms with Crippen LogP contribution in [0.1, 0.15) is 44.2 Å². The van der Waals surface area contributed by atoms with Crippen molar-refractivity contribution in [3.05, 3.63) is 117 Å². The number of anilines is 3. The molecule has 0 unspecified atom stereocenters. The average Bonchev–Trinajstić information content (AvgIpc) is 3.80. The van der Waals surface area contributed by atoms with Crippen molar-refractivity contribution < 1.29 is 40.5 Å². The minimum atomic E-state index is -4.31. The van der Waals surface area contributed by atoms with Crippen molar-refractivity contribution in [3.8, 4) is 5.75 Å². The van der Waals surface area contributed by atoms with Crippen molar-refractivity contribution in [2.24, 2.45) is 0 Å². The summed E-state index contributed by atoms with van der Waals surface area (Å²) in [5.74, 6) is -4.71. The summed E-state index contributed by atoms with van der Waals surface area (Å²) in [6, 6.07) is 23.5. The summed E-state index contributed by atoms with van der Waals surface area (Å²) in [6.45, 7) is 3.95. The van der Waals surface area contributed by atoms with Crippen LogP contribution >= 0.6 is 22.6 Å². The van der Waals surface area contributed by atoms with E-state index in [0.717, 1.165) is 11.6 Å². The summed E-state index contributed by atoms with van der Waals surface area (Å²) in [7, 11) is -4.31. The third kappa shape index (κ3) is 8.34. The molecule has 4 aromatic rings. The molecular weight excluding hydrogens is 772 g/mol. The zero-order valence-electron chi connectivity index (χ0n) is 26.8. The minimum absolute atomic E-state index is 0.0590. The van der Waals surface area contributed by atoms with Gasteiger partial charge in [0.1, 0.15) is 35.7 Å². The first-order valence-corrected chi connectivity index (χ1v) is 18.3. The molecule has 0 radical (unpaired) electrons. The molecule has 0 amide bonds. The monoisotopic (exact) mass is 808 g/mol. The van der Waals surface area contributed by atoms with Gasteiger partial charge in [0.25, 0.3) is 0 Å². The third-order valence-electron chi connectivity index (χ3n) is 8.48. The standard InChI is InChI=1S/C36H36F3IN2O6S/c1-35(2)47-30(31(48-35)22-45-20-23-9-5-3-6-10-23)19-36(15-16-36)49(43,44)42-33-29(46-21-24-11-7-4-8-12-24)18-27(38)32(39)34(33)41-28-14-13-25(40)17-26(28)37/h3-14,17-18,30-31,41-42H,15-16,19-22H2,1-2H3/t30-,31-/m0/s1. The number of ether oxygens (including phenoxy) is 4. The number of rotatable bonds is 14. The second-order valence-electron chi connectivity index (χ2n) is 12.6. The zero-order chi connectivity index (χ0) is 34.8. The molecule has 1 saturated heterocycles. The van der Waals surface area contributed by atoms with Gasteiger partial charge in [-0.15, -0.1) is 0 Å². The number of hydrogen-bond donors (Lipinski definition) is 2. The number of hydrogen-bond acceptors (Lipinski definition) is 7. The van der Waals surface area contributed by atoms with Crippen LogP contribution in [0.2, 0.25) is 0 Å². The summed E-state index contributed by atoms with van der Waals surface area (Å²) >= 11 is 1.92. The first-order valence-electron chi connectivity index (χ1n) is 15.8. The highest BCUT2D eigenvalue weighted by Crippen LogP contribution is 2.52. The van der Waals surface area contributed by atoms with E-state index in [-0.39, 0.29) is 36.8 Å². The largest absolute Gasteiger partial charge is 0.487 e. The fourth-order valence-electron chi connectivity index (χ4n) is 5.82. The molecule has 2 N–H and O–H groups in total. The van der Waals surface area contributed by atoms with Crippen molar-refractivity contribution in [1.29, 1.82) is 0 Å². The molecule has 4 aromatic carbocycles. The van der Waals surface area contributed by atoms with E-state index in [2.05, 4.69) is 10.0 Å². The second-order valence-corrected chi connectivity index (χ2v) is 16.0. The maximum atomic E-state index is 15.6. The molecule has 6 rings (SSSR count). The molecule has 1 aliphatic heterocycles. The van der Waals surface area contributed by atoms with E-state index in [0.29, 0.717) is 28.6 Å². The molecule has 49 heavy (non-hydrogen) atoms. The van der Waals surface area contributed by atoms with Gasteiger partial charge in [0.05, 0.1) is 29.8 Å². The maximum Gasteiger partial charge on any atom is 0.238 e. The van der Waals surface area contributed by atoms with Crippen molar-refractivity contribution in [3.63, 3.8) is 0 Å². The van der Waals surface area contributed by atoms with Crippen molar-refractivity contribution >= 4 is 49.7 Å². The van der Waals surface area contributed by atoms with E-state index in [1.54, 1.807) is 44.2 Å². The van der Waals surface area contributed by atoms with Crippen LogP contribution in [0.15, 0.2) is 84.9 Å². The number of sulfonamides is 1. The molecule has 2 aliphatic rings. The highest BCUT2D eigenvalue weighted by Gasteiger charge is 2.59. The molecular formula is C36H36F3IN2O6S. The average molecular weight is 809 g/mol. The molecule has 0 spiro atoms. The van der Waals surface area contributed by atoms with Gasteiger partial charge in [-0.1, -0.05) is 60.7 Å². The van der Waals surface area contributed by atoms with Gasteiger partial charge >= 0.3 is 0 Å². The molecule has 8 nitrogen and oxygen atoms in total. The number of nitrogens with one attached hydrogen (secondary N) is 2. The molecule has 0 bridgehead atoms. The van der Waals surface area contributed by atoms with E-state index in [1.165, 1.54) is 12.1 Å². The van der Waals surface area contributed by atoms with Gasteiger partial charge in [-0.3, -0.25) is 4.72 Å². The Hall–Kier alpha value is -3.37. The summed E-state index contributed by atoms with van der Waals surface area (Å²) in [6.07, 6.45) is -0.552. The van der Waals surface area contributed by atoms with Crippen LogP contribution < -0.4 is 14.8 Å². The molecule has 0 aromatic heterocycles. The normalized spacial score (nSPS) is 19.4. The summed E-state index contributed by atoms with van der Waals surface area (Å²) in [5, 5.41) is 2.58. The fourth-order valence-corrected chi connectivity index (χ4v) is 7.98. The predicted molar refractivity (Wildman–Crippen MR) is 189 cm³/mol. The second kappa shape index (κ2) is 14.5. The van der Waals surface area contributed by atoms with Crippen LogP contribution in [0.3, 0.4) is 0 Å². The van der Waals surface area contributed by atoms with E-state index in [9.17, 15) is 12.8 Å². The van der Waals surface area contributed by atoms with Crippen LogP contribution in [-0.4, -0.2) is 37.8 Å². The Morgan fingerprint density at radius 2 is 1.47 bits per heavy atom. The molecule has 260 valence electrons. The summed E-state index contributed by atoms with van der Waals surface area (Å²) in [4.78, 5) is 0. The van der Waals surface area contributed by atoms with Crippen LogP contribution in [0, 0.1) is 21.0 Å². The molecule has 13 heteroatoms. The quantitative estimate of drug-likeness (QED) is 0.124. The van der Waals surface area contributed by atoms with Gasteiger partial charge in [-0.05, 0) is 85.0 Å². The van der Waals surface area contributed by atoms with E-state index >= 15 is 8.78 Å². The van der Waals surface area contributed by atoms with Gasteiger partial charge in [0.2, 0.25) is 10.0 Å². The van der Waals surface area contributed by atoms with E-state index in [4.69, 9.17) is 18.9 Å². The Bertz CT molecular complexity index is 1900. The molecule has 1 saturated carbocycles. The minimum Gasteiger partial charge on any atom is -0.487 e. The molecule has 2 fully saturated rings. The summed E-state index contributed by atoms with van der Waals surface area (Å²) < 4.78 is 100. The molecule has 1 heterocycles. The van der Waals surface area contributed by atoms with E-state index < -0.39 is 55.9 Å². The van der Waals surface area contributed by atoms with Crippen LogP contribution in [0.4, 0.5) is 30.2 Å². The van der Waals surface area contributed by atoms with Crippen molar-refractivity contribution in [2.75, 3.05) is 16.6 Å². The van der Waals surface area contributed by atoms with Gasteiger partial charge in [0, 0.05) is 9.64 Å². The zero-order valence-corrected chi connectivity index (χ0v) is 29.8. The van der Waals surface area contributed by atoms with E-state index in [1.807, 2.05) is 59.0 Å². The summed E-state index contributed by atoms with van der Waals surface area (Å²) in [5.41, 5.74) is 0.507. The first kappa shape index (κ1) is 35.5. The third-order valence-corrected chi connectivity index (χ3v) is 11.3. The van der Waals surface area contributed by atoms with Crippen LogP contribution in [0.25, 0.3) is 0 Å². The predicted octanol–water partition coefficient (Wildman–Crippen LogP) is 8.43. The van der Waals surface area contributed by atoms with Crippen LogP contribution in [0.5, 0.6) is 5.75 Å². The highest BCUT2D eigenvalue weighted by molar-refractivity contribution is 14.1. The Morgan fingerprint density at radius 3 is 2.10 bits per heavy atom. The SMILES string of the molecule is CC1(C)O[C@@H](COCc2ccccc2)[C@H](CC2(S(=O)(=O)Nc3c(OCc4ccccc4)cc(F)c(F)c3Nc3ccc(I)cc3F)CC2)O1. The van der Waals surface area contributed by atoms with Gasteiger partial charge in [0.15, 0.2) is 17.4 Å². The van der Waals surface area contributed by atoms with Crippen molar-refractivity contribution in [2.45, 2.75) is 69.1 Å². The number of halogens is 4. The number of benzene rings is 4. The Labute approximate surface area is 297 Å². The maximum absolute atomic E-state index is 15.6. The Morgan fingerprint density at radius 1 is 0.837 bits per heavy atom. The lowest BCUT2D eigenvalue weighted by Crippen LogP contribution is -2.38. The highest BCUT2D eigenvalue weighted by atomic mass is 127. The Kier molecular flexibility index (Phi) is 10.5. The molecule has 1 aliphatic carbocycles. The van der Waals surface area contributed by atoms with Crippen LogP contribution in [-0.2, 0) is 37.4 Å². The van der Waals surface area contributed by atoms with Gasteiger partial charge in [-0.25, -0.2) is 21.6 Å². The van der Waals surface area contributed by atoms with Crippen molar-refractivity contribution in [1.82, 2.24) is 0 Å². The topological polar surface area (TPSA) is 95.1 Å². The van der Waals surface area contributed by atoms with Gasteiger partial charge in [-0.2, -0.15) is 0 Å². The molecule has 2 atom stereocenters. The lowest BCUT2D eigenvalue weighted by Gasteiger charge is -2.26. The lowest BCUT2D eigenvalue weighted by molar-refractivity contribution is -0.151.